The molecule has 0 unspecified atom stereocenters. The highest BCUT2D eigenvalue weighted by molar-refractivity contribution is 5.74. The molecule has 0 radical (unpaired) electrons. The third-order valence-corrected chi connectivity index (χ3v) is 9.20. The summed E-state index contributed by atoms with van der Waals surface area (Å²) in [5.41, 5.74) is 7.02. The zero-order valence-electron chi connectivity index (χ0n) is 31.2. The molecule has 8 rings (SSSR count). The summed E-state index contributed by atoms with van der Waals surface area (Å²) in [6.07, 6.45) is 0. The predicted molar refractivity (Wildman–Crippen MR) is 217 cm³/mol. The van der Waals surface area contributed by atoms with E-state index in [2.05, 4.69) is 24.3 Å². The van der Waals surface area contributed by atoms with E-state index in [4.69, 9.17) is 48.9 Å². The molecule has 0 fully saturated rings. The van der Waals surface area contributed by atoms with Crippen LogP contribution < -0.4 is 18.9 Å². The molecule has 0 saturated heterocycles. The van der Waals surface area contributed by atoms with Crippen LogP contribution in [-0.2, 0) is 0 Å². The van der Waals surface area contributed by atoms with Crippen LogP contribution >= 0.6 is 0 Å². The van der Waals surface area contributed by atoms with Crippen molar-refractivity contribution < 1.29 is 18.9 Å². The second-order valence-electron chi connectivity index (χ2n) is 12.7. The molecule has 10 nitrogen and oxygen atoms in total. The Balaban J connectivity index is 1.13. The molecule has 0 N–H and O–H groups in total. The second kappa shape index (κ2) is 15.9. The van der Waals surface area contributed by atoms with Gasteiger partial charge in [0.15, 0.2) is 34.9 Å². The van der Waals surface area contributed by atoms with Gasteiger partial charge in [0.1, 0.15) is 23.0 Å². The van der Waals surface area contributed by atoms with E-state index in [0.717, 1.165) is 44.5 Å². The van der Waals surface area contributed by atoms with Gasteiger partial charge in [0.25, 0.3) is 0 Å². The second-order valence-corrected chi connectivity index (χ2v) is 12.7. The van der Waals surface area contributed by atoms with Crippen molar-refractivity contribution in [2.45, 2.75) is 0 Å². The van der Waals surface area contributed by atoms with Crippen LogP contribution in [0.3, 0.4) is 0 Å². The highest BCUT2D eigenvalue weighted by Crippen LogP contribution is 2.32. The van der Waals surface area contributed by atoms with Crippen molar-refractivity contribution in [3.05, 3.63) is 146 Å². The van der Waals surface area contributed by atoms with E-state index in [0.29, 0.717) is 57.9 Å². The number of aromatic nitrogens is 6. The summed E-state index contributed by atoms with van der Waals surface area (Å²) in [6, 6.07) is 47.1. The molecule has 274 valence electrons. The summed E-state index contributed by atoms with van der Waals surface area (Å²) in [7, 11) is 6.56. The Morgan fingerprint density at radius 2 is 0.464 bits per heavy atom. The molecule has 0 aliphatic rings. The van der Waals surface area contributed by atoms with E-state index in [9.17, 15) is 0 Å². The van der Waals surface area contributed by atoms with Crippen molar-refractivity contribution in [1.82, 2.24) is 29.9 Å². The molecule has 0 amide bonds. The molecule has 0 aliphatic heterocycles. The maximum absolute atomic E-state index is 5.48. The first-order chi connectivity index (χ1) is 27.5. The Labute approximate surface area is 324 Å². The molecule has 56 heavy (non-hydrogen) atoms. The monoisotopic (exact) mass is 736 g/mol. The van der Waals surface area contributed by atoms with E-state index in [-0.39, 0.29) is 0 Å². The average Bonchev–Trinajstić information content (AvgIpc) is 3.28. The molecule has 8 aromatic rings. The molecular formula is C46H36N6O4. The lowest BCUT2D eigenvalue weighted by Gasteiger charge is -2.11. The average molecular weight is 737 g/mol. The van der Waals surface area contributed by atoms with Crippen molar-refractivity contribution in [2.24, 2.45) is 0 Å². The lowest BCUT2D eigenvalue weighted by molar-refractivity contribution is 0.415. The summed E-state index contributed by atoms with van der Waals surface area (Å²) in [5, 5.41) is 0. The number of benzene rings is 6. The molecule has 10 heteroatoms. The van der Waals surface area contributed by atoms with Gasteiger partial charge in [-0.05, 0) is 59.7 Å². The fraction of sp³-hybridized carbons (Fsp3) is 0.0870. The largest absolute Gasteiger partial charge is 0.497 e. The van der Waals surface area contributed by atoms with Gasteiger partial charge in [-0.3, -0.25) is 0 Å². The van der Waals surface area contributed by atoms with Crippen LogP contribution in [0.5, 0.6) is 23.0 Å². The fourth-order valence-corrected chi connectivity index (χ4v) is 6.20. The Morgan fingerprint density at radius 1 is 0.250 bits per heavy atom. The Bertz CT molecular complexity index is 2330. The third-order valence-electron chi connectivity index (χ3n) is 9.20. The number of hydrogen-bond donors (Lipinski definition) is 0. The minimum Gasteiger partial charge on any atom is -0.497 e. The number of methoxy groups -OCH3 is 4. The Kier molecular flexibility index (Phi) is 10.1. The lowest BCUT2D eigenvalue weighted by Crippen LogP contribution is -2.01. The maximum atomic E-state index is 5.48. The van der Waals surface area contributed by atoms with Gasteiger partial charge in [0, 0.05) is 33.4 Å². The minimum absolute atomic E-state index is 0.536. The SMILES string of the molecule is COc1cccc(-c2nc(-c3ccc(-c4ccc(-c5nc(-c6cccc(OC)c6)nc(-c6cccc(OC)c6)n5)cc4)cc3)nc(-c3cccc(OC)c3)n2)c1. The van der Waals surface area contributed by atoms with Gasteiger partial charge < -0.3 is 18.9 Å². The molecule has 0 atom stereocenters. The smallest absolute Gasteiger partial charge is 0.164 e. The van der Waals surface area contributed by atoms with Gasteiger partial charge >= 0.3 is 0 Å². The number of nitrogens with zero attached hydrogens (tertiary/aromatic N) is 6. The summed E-state index contributed by atoms with van der Waals surface area (Å²) in [4.78, 5) is 29.3. The number of rotatable bonds is 11. The molecule has 0 spiro atoms. The van der Waals surface area contributed by atoms with Crippen molar-refractivity contribution >= 4 is 0 Å². The van der Waals surface area contributed by atoms with Crippen molar-refractivity contribution in [3.8, 4) is 102 Å². The zero-order valence-corrected chi connectivity index (χ0v) is 31.2. The minimum atomic E-state index is 0.536. The summed E-state index contributed by atoms with van der Waals surface area (Å²) in [5.74, 6) is 6.10. The molecular weight excluding hydrogens is 701 g/mol. The summed E-state index contributed by atoms with van der Waals surface area (Å²) < 4.78 is 21.9. The van der Waals surface area contributed by atoms with Crippen molar-refractivity contribution in [1.29, 1.82) is 0 Å². The van der Waals surface area contributed by atoms with Crippen LogP contribution in [0.2, 0.25) is 0 Å². The van der Waals surface area contributed by atoms with Crippen LogP contribution in [0.1, 0.15) is 0 Å². The first kappa shape index (κ1) is 35.6. The van der Waals surface area contributed by atoms with Gasteiger partial charge in [-0.15, -0.1) is 0 Å². The lowest BCUT2D eigenvalue weighted by atomic mass is 10.0. The van der Waals surface area contributed by atoms with Gasteiger partial charge in [0.2, 0.25) is 0 Å². The van der Waals surface area contributed by atoms with Crippen LogP contribution in [0, 0.1) is 0 Å². The van der Waals surface area contributed by atoms with Gasteiger partial charge in [-0.2, -0.15) is 0 Å². The normalized spacial score (nSPS) is 10.9. The van der Waals surface area contributed by atoms with Gasteiger partial charge in [0.05, 0.1) is 28.4 Å². The molecule has 0 saturated carbocycles. The van der Waals surface area contributed by atoms with E-state index in [1.54, 1.807) is 28.4 Å². The molecule has 6 aromatic carbocycles. The summed E-state index contributed by atoms with van der Waals surface area (Å²) in [6.45, 7) is 0. The van der Waals surface area contributed by atoms with E-state index < -0.39 is 0 Å². The van der Waals surface area contributed by atoms with Crippen LogP contribution in [-0.4, -0.2) is 58.3 Å². The first-order valence-corrected chi connectivity index (χ1v) is 17.8. The van der Waals surface area contributed by atoms with E-state index >= 15 is 0 Å². The molecule has 2 heterocycles. The van der Waals surface area contributed by atoms with Crippen molar-refractivity contribution in [2.75, 3.05) is 28.4 Å². The number of hydrogen-bond acceptors (Lipinski definition) is 10. The van der Waals surface area contributed by atoms with Gasteiger partial charge in [-0.25, -0.2) is 29.9 Å². The number of ether oxygens (including phenoxy) is 4. The fourth-order valence-electron chi connectivity index (χ4n) is 6.20. The first-order valence-electron chi connectivity index (χ1n) is 17.8. The van der Waals surface area contributed by atoms with Crippen LogP contribution in [0.25, 0.3) is 79.5 Å². The van der Waals surface area contributed by atoms with Gasteiger partial charge in [-0.1, -0.05) is 97.1 Å². The third kappa shape index (κ3) is 7.62. The molecule has 0 bridgehead atoms. The predicted octanol–water partition coefficient (Wildman–Crippen LogP) is 9.76. The van der Waals surface area contributed by atoms with E-state index in [1.165, 1.54) is 0 Å². The zero-order chi connectivity index (χ0) is 38.4. The van der Waals surface area contributed by atoms with E-state index in [1.807, 2.05) is 121 Å². The highest BCUT2D eigenvalue weighted by Gasteiger charge is 2.16. The topological polar surface area (TPSA) is 114 Å². The quantitative estimate of drug-likeness (QED) is 0.127. The van der Waals surface area contributed by atoms with Crippen LogP contribution in [0.4, 0.5) is 0 Å². The van der Waals surface area contributed by atoms with Crippen LogP contribution in [0.15, 0.2) is 146 Å². The Hall–Kier alpha value is -7.46. The Morgan fingerprint density at radius 3 is 0.696 bits per heavy atom. The summed E-state index contributed by atoms with van der Waals surface area (Å²) >= 11 is 0. The standard InChI is InChI=1S/C46H36N6O4/c1-53-37-13-5-9-33(25-37)43-47-41(48-44(51-43)34-10-6-14-38(26-34)54-2)31-21-17-29(18-22-31)30-19-23-32(24-20-30)42-49-45(35-11-7-15-39(27-35)55-3)52-46(50-42)36-12-8-16-40(28-36)56-4/h5-28H,1-4H3. The molecule has 2 aromatic heterocycles. The molecule has 0 aliphatic carbocycles. The maximum Gasteiger partial charge on any atom is 0.164 e. The highest BCUT2D eigenvalue weighted by atomic mass is 16.5. The van der Waals surface area contributed by atoms with Crippen molar-refractivity contribution in [3.63, 3.8) is 0 Å².